The second kappa shape index (κ2) is 7.81. The number of benzene rings is 1. The lowest BCUT2D eigenvalue weighted by molar-refractivity contribution is -0.121. The van der Waals surface area contributed by atoms with E-state index in [0.29, 0.717) is 6.42 Å². The molecule has 0 heterocycles. The smallest absolute Gasteiger partial charge is 0.233 e. The van der Waals surface area contributed by atoms with Crippen molar-refractivity contribution >= 4 is 5.91 Å². The molecule has 0 aliphatic rings. The molecular weight excluding hydrogens is 214 g/mol. The molecule has 1 aromatic carbocycles. The summed E-state index contributed by atoms with van der Waals surface area (Å²) in [4.78, 5) is 13.2. The third kappa shape index (κ3) is 6.04. The Morgan fingerprint density at radius 3 is 2.65 bits per heavy atom. The van der Waals surface area contributed by atoms with Crippen molar-refractivity contribution in [1.82, 2.24) is 10.3 Å². The van der Waals surface area contributed by atoms with E-state index in [1.54, 1.807) is 0 Å². The van der Waals surface area contributed by atoms with E-state index in [4.69, 9.17) is 5.84 Å². The summed E-state index contributed by atoms with van der Waals surface area (Å²) >= 11 is 0. The predicted octanol–water partition coefficient (Wildman–Crippen LogP) is 1.28. The van der Waals surface area contributed by atoms with Crippen LogP contribution in [0, 0.1) is 0 Å². The standard InChI is InChI=1S/C13H21N3O/c1-16(10-6-5-9-13(17)15-14)11-12-7-3-2-4-8-12/h2-4,7-8H,5-6,9-11,14H2,1H3,(H,15,17). The van der Waals surface area contributed by atoms with Gasteiger partial charge in [0.2, 0.25) is 5.91 Å². The van der Waals surface area contributed by atoms with Gasteiger partial charge in [-0.15, -0.1) is 0 Å². The van der Waals surface area contributed by atoms with Gasteiger partial charge in [-0.05, 0) is 32.0 Å². The summed E-state index contributed by atoms with van der Waals surface area (Å²) in [5, 5.41) is 0. The van der Waals surface area contributed by atoms with Crippen molar-refractivity contribution < 1.29 is 4.79 Å². The molecule has 17 heavy (non-hydrogen) atoms. The van der Waals surface area contributed by atoms with Crippen molar-refractivity contribution in [1.29, 1.82) is 0 Å². The third-order valence-corrected chi connectivity index (χ3v) is 2.65. The fourth-order valence-corrected chi connectivity index (χ4v) is 1.71. The van der Waals surface area contributed by atoms with Crippen LogP contribution in [0.15, 0.2) is 30.3 Å². The molecule has 94 valence electrons. The van der Waals surface area contributed by atoms with Crippen LogP contribution in [0.25, 0.3) is 0 Å². The normalized spacial score (nSPS) is 10.5. The molecular formula is C13H21N3O. The van der Waals surface area contributed by atoms with Crippen LogP contribution in [0.3, 0.4) is 0 Å². The van der Waals surface area contributed by atoms with Crippen LogP contribution in [0.1, 0.15) is 24.8 Å². The van der Waals surface area contributed by atoms with Gasteiger partial charge in [0.1, 0.15) is 0 Å². The highest BCUT2D eigenvalue weighted by atomic mass is 16.2. The van der Waals surface area contributed by atoms with Gasteiger partial charge in [0.25, 0.3) is 0 Å². The number of hydrazine groups is 1. The van der Waals surface area contributed by atoms with Gasteiger partial charge in [-0.3, -0.25) is 10.2 Å². The molecule has 0 bridgehead atoms. The van der Waals surface area contributed by atoms with Crippen molar-refractivity contribution in [3.63, 3.8) is 0 Å². The van der Waals surface area contributed by atoms with Gasteiger partial charge in [-0.25, -0.2) is 5.84 Å². The summed E-state index contributed by atoms with van der Waals surface area (Å²) in [6.45, 7) is 1.94. The summed E-state index contributed by atoms with van der Waals surface area (Å²) in [6.07, 6.45) is 2.40. The highest BCUT2D eigenvalue weighted by molar-refractivity contribution is 5.75. The van der Waals surface area contributed by atoms with Gasteiger partial charge in [-0.2, -0.15) is 0 Å². The summed E-state index contributed by atoms with van der Waals surface area (Å²) in [5.74, 6) is 4.92. The van der Waals surface area contributed by atoms with Crippen LogP contribution in [0.4, 0.5) is 0 Å². The van der Waals surface area contributed by atoms with Crippen LogP contribution in [0.5, 0.6) is 0 Å². The van der Waals surface area contributed by atoms with Crippen LogP contribution in [-0.2, 0) is 11.3 Å². The minimum absolute atomic E-state index is 0.0873. The first-order valence-corrected chi connectivity index (χ1v) is 5.94. The fourth-order valence-electron chi connectivity index (χ4n) is 1.71. The molecule has 0 saturated carbocycles. The van der Waals surface area contributed by atoms with Crippen LogP contribution in [-0.4, -0.2) is 24.4 Å². The van der Waals surface area contributed by atoms with E-state index in [1.165, 1.54) is 5.56 Å². The van der Waals surface area contributed by atoms with Crippen molar-refractivity contribution in [3.05, 3.63) is 35.9 Å². The van der Waals surface area contributed by atoms with Crippen molar-refractivity contribution in [2.24, 2.45) is 5.84 Å². The number of hydrogen-bond donors (Lipinski definition) is 2. The highest BCUT2D eigenvalue weighted by Crippen LogP contribution is 2.04. The Morgan fingerprint density at radius 2 is 2.00 bits per heavy atom. The number of carbonyl (C=O) groups excluding carboxylic acids is 1. The fraction of sp³-hybridized carbons (Fsp3) is 0.462. The molecule has 0 radical (unpaired) electrons. The number of unbranched alkanes of at least 4 members (excludes halogenated alkanes) is 1. The van der Waals surface area contributed by atoms with Gasteiger partial charge >= 0.3 is 0 Å². The molecule has 0 spiro atoms. The molecule has 0 fully saturated rings. The zero-order valence-electron chi connectivity index (χ0n) is 10.4. The largest absolute Gasteiger partial charge is 0.302 e. The maximum atomic E-state index is 10.9. The predicted molar refractivity (Wildman–Crippen MR) is 69.0 cm³/mol. The van der Waals surface area contributed by atoms with Gasteiger partial charge < -0.3 is 4.90 Å². The van der Waals surface area contributed by atoms with Crippen LogP contribution < -0.4 is 11.3 Å². The van der Waals surface area contributed by atoms with Crippen molar-refractivity contribution in [2.75, 3.05) is 13.6 Å². The number of rotatable bonds is 7. The molecule has 0 saturated heterocycles. The maximum Gasteiger partial charge on any atom is 0.233 e. The van der Waals surface area contributed by atoms with E-state index in [2.05, 4.69) is 41.6 Å². The van der Waals surface area contributed by atoms with Crippen molar-refractivity contribution in [2.45, 2.75) is 25.8 Å². The van der Waals surface area contributed by atoms with E-state index < -0.39 is 0 Å². The Labute approximate surface area is 103 Å². The lowest BCUT2D eigenvalue weighted by atomic mass is 10.2. The molecule has 4 heteroatoms. The monoisotopic (exact) mass is 235 g/mol. The van der Waals surface area contributed by atoms with Gasteiger partial charge in [0.15, 0.2) is 0 Å². The lowest BCUT2D eigenvalue weighted by Crippen LogP contribution is -2.29. The van der Waals surface area contributed by atoms with E-state index in [0.717, 1.165) is 25.9 Å². The summed E-state index contributed by atoms with van der Waals surface area (Å²) in [7, 11) is 2.09. The second-order valence-electron chi connectivity index (χ2n) is 4.25. The van der Waals surface area contributed by atoms with Gasteiger partial charge in [0, 0.05) is 13.0 Å². The zero-order valence-corrected chi connectivity index (χ0v) is 10.4. The van der Waals surface area contributed by atoms with Gasteiger partial charge in [0.05, 0.1) is 0 Å². The molecule has 0 aromatic heterocycles. The molecule has 1 rings (SSSR count). The molecule has 0 unspecified atom stereocenters. The SMILES string of the molecule is CN(CCCCC(=O)NN)Cc1ccccc1. The van der Waals surface area contributed by atoms with E-state index in [1.807, 2.05) is 6.07 Å². The lowest BCUT2D eigenvalue weighted by Gasteiger charge is -2.16. The summed E-state index contributed by atoms with van der Waals surface area (Å²) < 4.78 is 0. The average Bonchev–Trinajstić information content (AvgIpc) is 2.35. The Bertz CT molecular complexity index is 327. The van der Waals surface area contributed by atoms with E-state index in [-0.39, 0.29) is 5.91 Å². The minimum Gasteiger partial charge on any atom is -0.302 e. The second-order valence-corrected chi connectivity index (χ2v) is 4.25. The molecule has 4 nitrogen and oxygen atoms in total. The van der Waals surface area contributed by atoms with Gasteiger partial charge in [-0.1, -0.05) is 30.3 Å². The van der Waals surface area contributed by atoms with Crippen LogP contribution >= 0.6 is 0 Å². The Balaban J connectivity index is 2.13. The average molecular weight is 235 g/mol. The number of nitrogens with zero attached hydrogens (tertiary/aromatic N) is 1. The molecule has 0 atom stereocenters. The Hall–Kier alpha value is -1.39. The first-order valence-electron chi connectivity index (χ1n) is 5.94. The molecule has 1 amide bonds. The maximum absolute atomic E-state index is 10.9. The number of nitrogens with two attached hydrogens (primary N) is 1. The van der Waals surface area contributed by atoms with E-state index >= 15 is 0 Å². The zero-order chi connectivity index (χ0) is 12.5. The minimum atomic E-state index is -0.0873. The number of carbonyl (C=O) groups is 1. The number of amides is 1. The molecule has 3 N–H and O–H groups in total. The highest BCUT2D eigenvalue weighted by Gasteiger charge is 2.01. The number of nitrogens with one attached hydrogen (secondary N) is 1. The topological polar surface area (TPSA) is 58.4 Å². The summed E-state index contributed by atoms with van der Waals surface area (Å²) in [6, 6.07) is 10.4. The van der Waals surface area contributed by atoms with Crippen LogP contribution in [0.2, 0.25) is 0 Å². The third-order valence-electron chi connectivity index (χ3n) is 2.65. The molecule has 0 aliphatic heterocycles. The summed E-state index contributed by atoms with van der Waals surface area (Å²) in [5.41, 5.74) is 3.45. The first-order chi connectivity index (χ1) is 8.22. The first kappa shape index (κ1) is 13.7. The molecule has 1 aromatic rings. The van der Waals surface area contributed by atoms with Crippen molar-refractivity contribution in [3.8, 4) is 0 Å². The number of hydrogen-bond acceptors (Lipinski definition) is 3. The Morgan fingerprint density at radius 1 is 1.29 bits per heavy atom. The molecule has 0 aliphatic carbocycles. The van der Waals surface area contributed by atoms with E-state index in [9.17, 15) is 4.79 Å². The Kier molecular flexibility index (Phi) is 6.29. The quantitative estimate of drug-likeness (QED) is 0.324.